The number of ether oxygens (including phenoxy) is 1. The van der Waals surface area contributed by atoms with Gasteiger partial charge in [0.15, 0.2) is 0 Å². The molecule has 0 bridgehead atoms. The molecule has 0 amide bonds. The molecule has 0 spiro atoms. The van der Waals surface area contributed by atoms with Gasteiger partial charge in [-0.25, -0.2) is 4.39 Å². The van der Waals surface area contributed by atoms with Gasteiger partial charge in [-0.05, 0) is 12.8 Å². The maximum Gasteiger partial charge on any atom is 0.308 e. The van der Waals surface area contributed by atoms with Crippen molar-refractivity contribution in [3.8, 4) is 0 Å². The van der Waals surface area contributed by atoms with Crippen molar-refractivity contribution < 1.29 is 19.0 Å². The number of aliphatic hydroxyl groups excluding tert-OH is 1. The highest BCUT2D eigenvalue weighted by Crippen LogP contribution is 2.28. The Bertz CT molecular complexity index is 150. The topological polar surface area (TPSA) is 46.5 Å². The van der Waals surface area contributed by atoms with Gasteiger partial charge in [0.2, 0.25) is 0 Å². The van der Waals surface area contributed by atoms with E-state index in [4.69, 9.17) is 5.11 Å². The summed E-state index contributed by atoms with van der Waals surface area (Å²) in [6.07, 6.45) is -1.97. The molecule has 11 heavy (non-hydrogen) atoms. The zero-order chi connectivity index (χ0) is 8.43. The summed E-state index contributed by atoms with van der Waals surface area (Å²) in [6.45, 7) is 0. The van der Waals surface area contributed by atoms with E-state index >= 15 is 0 Å². The molecule has 2 unspecified atom stereocenters. The fourth-order valence-electron chi connectivity index (χ4n) is 1.32. The largest absolute Gasteiger partial charge is 0.469 e. The molecular formula is C7H11FO3. The average molecular weight is 162 g/mol. The van der Waals surface area contributed by atoms with Crippen molar-refractivity contribution in [2.45, 2.75) is 25.1 Å². The molecule has 1 aliphatic carbocycles. The van der Waals surface area contributed by atoms with Crippen LogP contribution in [0.3, 0.4) is 0 Å². The summed E-state index contributed by atoms with van der Waals surface area (Å²) >= 11 is 0. The van der Waals surface area contributed by atoms with E-state index in [1.54, 1.807) is 0 Å². The maximum atomic E-state index is 12.6. The molecular weight excluding hydrogens is 151 g/mol. The van der Waals surface area contributed by atoms with Crippen LogP contribution in [0, 0.1) is 5.92 Å². The lowest BCUT2D eigenvalue weighted by Gasteiger charge is -2.03. The second-order valence-electron chi connectivity index (χ2n) is 2.77. The van der Waals surface area contributed by atoms with Crippen LogP contribution in [0.5, 0.6) is 0 Å². The predicted octanol–water partition coefficient (Wildman–Crippen LogP) is 0.268. The van der Waals surface area contributed by atoms with Crippen molar-refractivity contribution in [3.63, 3.8) is 0 Å². The minimum atomic E-state index is -1.26. The summed E-state index contributed by atoms with van der Waals surface area (Å²) < 4.78 is 17.0. The van der Waals surface area contributed by atoms with Crippen molar-refractivity contribution in [1.82, 2.24) is 0 Å². The zero-order valence-electron chi connectivity index (χ0n) is 6.29. The van der Waals surface area contributed by atoms with Crippen molar-refractivity contribution in [1.29, 1.82) is 0 Å². The minimum absolute atomic E-state index is 0.0911. The normalized spacial score (nSPS) is 37.2. The van der Waals surface area contributed by atoms with Crippen molar-refractivity contribution in [3.05, 3.63) is 0 Å². The first-order chi connectivity index (χ1) is 5.15. The number of methoxy groups -OCH3 is 1. The first kappa shape index (κ1) is 8.46. The molecule has 0 aromatic heterocycles. The molecule has 1 N–H and O–H groups in total. The van der Waals surface area contributed by atoms with E-state index in [0.717, 1.165) is 0 Å². The Kier molecular flexibility index (Phi) is 2.44. The number of carbonyl (C=O) groups excluding carboxylic acids is 1. The van der Waals surface area contributed by atoms with Crippen LogP contribution in [0.4, 0.5) is 4.39 Å². The molecule has 1 aliphatic rings. The number of hydrogen-bond acceptors (Lipinski definition) is 3. The number of carbonyl (C=O) groups is 1. The van der Waals surface area contributed by atoms with Gasteiger partial charge < -0.3 is 9.84 Å². The second-order valence-corrected chi connectivity index (χ2v) is 2.77. The molecule has 0 radical (unpaired) electrons. The highest BCUT2D eigenvalue weighted by molar-refractivity contribution is 5.72. The predicted molar refractivity (Wildman–Crippen MR) is 35.6 cm³/mol. The van der Waals surface area contributed by atoms with Gasteiger partial charge in [-0.1, -0.05) is 0 Å². The molecule has 0 aromatic carbocycles. The summed E-state index contributed by atoms with van der Waals surface area (Å²) in [5, 5.41) is 8.93. The average Bonchev–Trinajstić information content (AvgIpc) is 2.31. The lowest BCUT2D eigenvalue weighted by molar-refractivity contribution is -0.145. The van der Waals surface area contributed by atoms with Crippen LogP contribution in [0.15, 0.2) is 0 Å². The molecule has 0 aromatic rings. The first-order valence-corrected chi connectivity index (χ1v) is 3.55. The molecule has 1 saturated carbocycles. The van der Waals surface area contributed by atoms with Crippen molar-refractivity contribution >= 4 is 5.97 Å². The Morgan fingerprint density at radius 2 is 2.27 bits per heavy atom. The Labute approximate surface area is 64.2 Å². The molecule has 0 aliphatic heterocycles. The third kappa shape index (κ3) is 1.68. The molecule has 1 fully saturated rings. The standard InChI is InChI=1S/C7H11FO3/c1-11-7(10)4-2-5(8)6(9)3-4/h4-6,9H,2-3H2,1H3/t4?,5?,6-/m0/s1. The van der Waals surface area contributed by atoms with Gasteiger partial charge in [0.25, 0.3) is 0 Å². The first-order valence-electron chi connectivity index (χ1n) is 3.55. The fourth-order valence-corrected chi connectivity index (χ4v) is 1.32. The minimum Gasteiger partial charge on any atom is -0.469 e. The molecule has 3 nitrogen and oxygen atoms in total. The molecule has 3 atom stereocenters. The van der Waals surface area contributed by atoms with Gasteiger partial charge in [0, 0.05) is 0 Å². The van der Waals surface area contributed by atoms with Crippen LogP contribution in [0.2, 0.25) is 0 Å². The maximum absolute atomic E-state index is 12.6. The van der Waals surface area contributed by atoms with Crippen LogP contribution in [0.25, 0.3) is 0 Å². The number of esters is 1. The Morgan fingerprint density at radius 1 is 1.64 bits per heavy atom. The molecule has 4 heteroatoms. The summed E-state index contributed by atoms with van der Waals surface area (Å²) in [5.41, 5.74) is 0. The Hall–Kier alpha value is -0.640. The lowest BCUT2D eigenvalue weighted by Crippen LogP contribution is -2.13. The van der Waals surface area contributed by atoms with E-state index in [1.807, 2.05) is 0 Å². The molecule has 64 valence electrons. The number of rotatable bonds is 1. The summed E-state index contributed by atoms with van der Waals surface area (Å²) in [7, 11) is 1.26. The van der Waals surface area contributed by atoms with Crippen LogP contribution < -0.4 is 0 Å². The van der Waals surface area contributed by atoms with Gasteiger partial charge in [0.1, 0.15) is 6.17 Å². The quantitative estimate of drug-likeness (QED) is 0.563. The summed E-state index contributed by atoms with van der Waals surface area (Å²) in [6, 6.07) is 0. The van der Waals surface area contributed by atoms with Gasteiger partial charge in [-0.3, -0.25) is 4.79 Å². The summed E-state index contributed by atoms with van der Waals surface area (Å²) in [5.74, 6) is -0.880. The monoisotopic (exact) mass is 162 g/mol. The number of hydrogen-bond donors (Lipinski definition) is 1. The zero-order valence-corrected chi connectivity index (χ0v) is 6.29. The highest BCUT2D eigenvalue weighted by atomic mass is 19.1. The number of halogens is 1. The van der Waals surface area contributed by atoms with Gasteiger partial charge in [-0.15, -0.1) is 0 Å². The SMILES string of the molecule is COC(=O)C1CC(F)[C@@H](O)C1. The van der Waals surface area contributed by atoms with E-state index in [1.165, 1.54) is 7.11 Å². The van der Waals surface area contributed by atoms with Crippen LogP contribution in [-0.2, 0) is 9.53 Å². The Morgan fingerprint density at radius 3 is 2.64 bits per heavy atom. The van der Waals surface area contributed by atoms with Crippen LogP contribution in [-0.4, -0.2) is 30.5 Å². The van der Waals surface area contributed by atoms with Gasteiger partial charge in [0.05, 0.1) is 19.1 Å². The van der Waals surface area contributed by atoms with E-state index in [-0.39, 0.29) is 12.8 Å². The molecule has 0 heterocycles. The number of alkyl halides is 1. The Balaban J connectivity index is 2.46. The number of aliphatic hydroxyl groups is 1. The summed E-state index contributed by atoms with van der Waals surface area (Å²) in [4.78, 5) is 10.8. The van der Waals surface area contributed by atoms with Crippen molar-refractivity contribution in [2.75, 3.05) is 7.11 Å². The van der Waals surface area contributed by atoms with E-state index in [2.05, 4.69) is 4.74 Å². The smallest absolute Gasteiger partial charge is 0.308 e. The van der Waals surface area contributed by atoms with Gasteiger partial charge >= 0.3 is 5.97 Å². The third-order valence-electron chi connectivity index (χ3n) is 1.99. The lowest BCUT2D eigenvalue weighted by atomic mass is 10.1. The van der Waals surface area contributed by atoms with E-state index in [0.29, 0.717) is 0 Å². The molecule has 0 saturated heterocycles. The second kappa shape index (κ2) is 3.17. The van der Waals surface area contributed by atoms with Gasteiger partial charge in [-0.2, -0.15) is 0 Å². The highest BCUT2D eigenvalue weighted by Gasteiger charge is 2.37. The van der Waals surface area contributed by atoms with Crippen LogP contribution in [0.1, 0.15) is 12.8 Å². The van der Waals surface area contributed by atoms with E-state index < -0.39 is 24.2 Å². The van der Waals surface area contributed by atoms with Crippen LogP contribution >= 0.6 is 0 Å². The molecule has 1 rings (SSSR count). The fraction of sp³-hybridized carbons (Fsp3) is 0.857. The third-order valence-corrected chi connectivity index (χ3v) is 1.99. The van der Waals surface area contributed by atoms with Crippen molar-refractivity contribution in [2.24, 2.45) is 5.92 Å². The van der Waals surface area contributed by atoms with E-state index in [9.17, 15) is 9.18 Å².